The van der Waals surface area contributed by atoms with Crippen LogP contribution in [-0.2, 0) is 13.1 Å². The van der Waals surface area contributed by atoms with Gasteiger partial charge in [-0.1, -0.05) is 24.3 Å². The average molecular weight is 238 g/mol. The minimum Gasteiger partial charge on any atom is -0.365 e. The van der Waals surface area contributed by atoms with Crippen LogP contribution in [0.15, 0.2) is 42.6 Å². The Kier molecular flexibility index (Phi) is 3.90. The molecule has 0 saturated carbocycles. The lowest BCUT2D eigenvalue weighted by atomic mass is 10.1. The van der Waals surface area contributed by atoms with Crippen LogP contribution in [0.25, 0.3) is 0 Å². The molecule has 0 saturated heterocycles. The highest BCUT2D eigenvalue weighted by atomic mass is 15.0. The molecular weight excluding hydrogens is 224 g/mol. The molecule has 18 heavy (non-hydrogen) atoms. The summed E-state index contributed by atoms with van der Waals surface area (Å²) in [5.41, 5.74) is 8.33. The molecule has 90 valence electrons. The van der Waals surface area contributed by atoms with Gasteiger partial charge in [0, 0.05) is 19.3 Å². The van der Waals surface area contributed by atoms with Gasteiger partial charge in [-0.15, -0.1) is 0 Å². The lowest BCUT2D eigenvalue weighted by molar-refractivity contribution is 1.05. The Bertz CT molecular complexity index is 555. The minimum atomic E-state index is 0.548. The number of nitriles is 1. The van der Waals surface area contributed by atoms with E-state index in [-0.39, 0.29) is 0 Å². The maximum Gasteiger partial charge on any atom is 0.144 e. The van der Waals surface area contributed by atoms with Crippen molar-refractivity contribution < 1.29 is 0 Å². The molecule has 2 rings (SSSR count). The standard InChI is InChI=1S/C14H14N4/c15-8-11-3-5-12(6-4-11)10-18-14-13(9-16)2-1-7-17-14/h1-7H,8,10,15H2,(H,17,18). The van der Waals surface area contributed by atoms with E-state index in [1.807, 2.05) is 24.3 Å². The maximum atomic E-state index is 8.94. The predicted molar refractivity (Wildman–Crippen MR) is 70.6 cm³/mol. The van der Waals surface area contributed by atoms with Crippen LogP contribution in [-0.4, -0.2) is 4.98 Å². The van der Waals surface area contributed by atoms with Crippen molar-refractivity contribution in [3.8, 4) is 6.07 Å². The van der Waals surface area contributed by atoms with Crippen molar-refractivity contribution in [1.82, 2.24) is 4.98 Å². The Morgan fingerprint density at radius 3 is 2.56 bits per heavy atom. The molecule has 2 aromatic rings. The van der Waals surface area contributed by atoms with Crippen LogP contribution in [0.4, 0.5) is 5.82 Å². The number of nitrogens with two attached hydrogens (primary N) is 1. The third kappa shape index (κ3) is 2.84. The highest BCUT2D eigenvalue weighted by Crippen LogP contribution is 2.12. The van der Waals surface area contributed by atoms with Crippen molar-refractivity contribution in [3.05, 3.63) is 59.3 Å². The largest absolute Gasteiger partial charge is 0.365 e. The Balaban J connectivity index is 2.05. The molecule has 0 atom stereocenters. The van der Waals surface area contributed by atoms with E-state index in [4.69, 9.17) is 11.0 Å². The summed E-state index contributed by atoms with van der Waals surface area (Å²) >= 11 is 0. The molecule has 1 heterocycles. The minimum absolute atomic E-state index is 0.548. The molecule has 4 heteroatoms. The summed E-state index contributed by atoms with van der Waals surface area (Å²) in [6.45, 7) is 1.18. The topological polar surface area (TPSA) is 74.7 Å². The third-order valence-corrected chi connectivity index (χ3v) is 2.65. The fourth-order valence-electron chi connectivity index (χ4n) is 1.62. The highest BCUT2D eigenvalue weighted by molar-refractivity contribution is 5.51. The summed E-state index contributed by atoms with van der Waals surface area (Å²) in [6, 6.07) is 13.6. The van der Waals surface area contributed by atoms with Crippen molar-refractivity contribution in [1.29, 1.82) is 5.26 Å². The summed E-state index contributed by atoms with van der Waals surface area (Å²) in [7, 11) is 0. The van der Waals surface area contributed by atoms with E-state index in [1.54, 1.807) is 18.3 Å². The van der Waals surface area contributed by atoms with Gasteiger partial charge in [0.1, 0.15) is 11.9 Å². The van der Waals surface area contributed by atoms with E-state index in [1.165, 1.54) is 0 Å². The first-order chi connectivity index (χ1) is 8.83. The molecule has 0 aliphatic heterocycles. The quantitative estimate of drug-likeness (QED) is 0.854. The highest BCUT2D eigenvalue weighted by Gasteiger charge is 2.01. The molecular formula is C14H14N4. The van der Waals surface area contributed by atoms with E-state index >= 15 is 0 Å². The number of benzene rings is 1. The van der Waals surface area contributed by atoms with Gasteiger partial charge in [0.2, 0.25) is 0 Å². The van der Waals surface area contributed by atoms with Crippen LogP contribution in [0.3, 0.4) is 0 Å². The molecule has 0 bridgehead atoms. The van der Waals surface area contributed by atoms with E-state index in [0.29, 0.717) is 24.5 Å². The number of nitrogens with zero attached hydrogens (tertiary/aromatic N) is 2. The predicted octanol–water partition coefficient (Wildman–Crippen LogP) is 2.02. The Morgan fingerprint density at radius 1 is 1.17 bits per heavy atom. The molecule has 4 nitrogen and oxygen atoms in total. The van der Waals surface area contributed by atoms with Crippen LogP contribution >= 0.6 is 0 Å². The van der Waals surface area contributed by atoms with Crippen LogP contribution in [0.5, 0.6) is 0 Å². The van der Waals surface area contributed by atoms with E-state index in [9.17, 15) is 0 Å². The number of pyridine rings is 1. The maximum absolute atomic E-state index is 8.94. The van der Waals surface area contributed by atoms with E-state index < -0.39 is 0 Å². The first-order valence-corrected chi connectivity index (χ1v) is 5.70. The zero-order valence-electron chi connectivity index (χ0n) is 9.93. The smallest absolute Gasteiger partial charge is 0.144 e. The Labute approximate surface area is 106 Å². The van der Waals surface area contributed by atoms with Crippen LogP contribution in [0.1, 0.15) is 16.7 Å². The number of rotatable bonds is 4. The van der Waals surface area contributed by atoms with Gasteiger partial charge in [0.15, 0.2) is 0 Å². The Morgan fingerprint density at radius 2 is 1.89 bits per heavy atom. The van der Waals surface area contributed by atoms with Crippen molar-refractivity contribution in [3.63, 3.8) is 0 Å². The van der Waals surface area contributed by atoms with Crippen molar-refractivity contribution >= 4 is 5.82 Å². The SMILES string of the molecule is N#Cc1cccnc1NCc1ccc(CN)cc1. The zero-order chi connectivity index (χ0) is 12.8. The first kappa shape index (κ1) is 12.1. The zero-order valence-corrected chi connectivity index (χ0v) is 9.93. The van der Waals surface area contributed by atoms with Gasteiger partial charge in [-0.3, -0.25) is 0 Å². The molecule has 0 amide bonds. The normalized spacial score (nSPS) is 9.78. The van der Waals surface area contributed by atoms with Gasteiger partial charge in [-0.05, 0) is 23.3 Å². The third-order valence-electron chi connectivity index (χ3n) is 2.65. The van der Waals surface area contributed by atoms with Crippen molar-refractivity contribution in [2.24, 2.45) is 5.73 Å². The molecule has 0 aliphatic rings. The van der Waals surface area contributed by atoms with Crippen LogP contribution in [0, 0.1) is 11.3 Å². The number of aromatic nitrogens is 1. The summed E-state index contributed by atoms with van der Waals surface area (Å²) in [5.74, 6) is 0.614. The van der Waals surface area contributed by atoms with Crippen molar-refractivity contribution in [2.45, 2.75) is 13.1 Å². The van der Waals surface area contributed by atoms with Gasteiger partial charge < -0.3 is 11.1 Å². The number of nitrogens with one attached hydrogen (secondary N) is 1. The fraction of sp³-hybridized carbons (Fsp3) is 0.143. The van der Waals surface area contributed by atoms with Gasteiger partial charge >= 0.3 is 0 Å². The molecule has 0 radical (unpaired) electrons. The second-order valence-electron chi connectivity index (χ2n) is 3.89. The second kappa shape index (κ2) is 5.80. The lowest BCUT2D eigenvalue weighted by Gasteiger charge is -2.07. The fourth-order valence-corrected chi connectivity index (χ4v) is 1.62. The molecule has 0 aliphatic carbocycles. The van der Waals surface area contributed by atoms with Gasteiger partial charge in [-0.2, -0.15) is 5.26 Å². The van der Waals surface area contributed by atoms with Crippen LogP contribution in [0.2, 0.25) is 0 Å². The summed E-state index contributed by atoms with van der Waals surface area (Å²) in [6.07, 6.45) is 1.67. The van der Waals surface area contributed by atoms with E-state index in [2.05, 4.69) is 16.4 Å². The lowest BCUT2D eigenvalue weighted by Crippen LogP contribution is -2.03. The summed E-state index contributed by atoms with van der Waals surface area (Å²) in [4.78, 5) is 4.14. The van der Waals surface area contributed by atoms with Gasteiger partial charge in [0.25, 0.3) is 0 Å². The molecule has 0 unspecified atom stereocenters. The van der Waals surface area contributed by atoms with Gasteiger partial charge in [-0.25, -0.2) is 4.98 Å². The first-order valence-electron chi connectivity index (χ1n) is 5.70. The van der Waals surface area contributed by atoms with Crippen molar-refractivity contribution in [2.75, 3.05) is 5.32 Å². The molecule has 1 aromatic heterocycles. The average Bonchev–Trinajstić information content (AvgIpc) is 2.46. The number of hydrogen-bond acceptors (Lipinski definition) is 4. The molecule has 0 spiro atoms. The monoisotopic (exact) mass is 238 g/mol. The molecule has 0 fully saturated rings. The summed E-state index contributed by atoms with van der Waals surface area (Å²) < 4.78 is 0. The van der Waals surface area contributed by atoms with E-state index in [0.717, 1.165) is 11.1 Å². The summed E-state index contributed by atoms with van der Waals surface area (Å²) in [5, 5.41) is 12.1. The number of anilines is 1. The second-order valence-corrected chi connectivity index (χ2v) is 3.89. The van der Waals surface area contributed by atoms with Gasteiger partial charge in [0.05, 0.1) is 5.56 Å². The Hall–Kier alpha value is -2.38. The molecule has 1 aromatic carbocycles. The molecule has 3 N–H and O–H groups in total. The number of hydrogen-bond donors (Lipinski definition) is 2. The van der Waals surface area contributed by atoms with Crippen LogP contribution < -0.4 is 11.1 Å².